The zero-order valence-electron chi connectivity index (χ0n) is 10.6. The maximum absolute atomic E-state index is 11.3. The molecule has 1 aliphatic heterocycles. The van der Waals surface area contributed by atoms with E-state index in [2.05, 4.69) is 0 Å². The number of cyclic esters (lactones) is 1. The number of hydrogen-bond donors (Lipinski definition) is 1. The van der Waals surface area contributed by atoms with Crippen LogP contribution in [-0.4, -0.2) is 31.3 Å². The van der Waals surface area contributed by atoms with Crippen molar-refractivity contribution in [2.75, 3.05) is 14.2 Å². The zero-order valence-corrected chi connectivity index (χ0v) is 10.6. The SMILES string of the molecule is COc1ccc(OC)c([C@H]2OC(=O)C[C@H]2C(=O)O)c1. The van der Waals surface area contributed by atoms with E-state index in [1.165, 1.54) is 14.2 Å². The quantitative estimate of drug-likeness (QED) is 0.829. The molecule has 6 heteroatoms. The number of carboxylic acids is 1. The maximum atomic E-state index is 11.3. The fourth-order valence-electron chi connectivity index (χ4n) is 2.12. The summed E-state index contributed by atoms with van der Waals surface area (Å²) in [4.78, 5) is 22.5. The topological polar surface area (TPSA) is 82.1 Å². The molecule has 1 aromatic rings. The highest BCUT2D eigenvalue weighted by Crippen LogP contribution is 2.41. The number of aliphatic carboxylic acids is 1. The monoisotopic (exact) mass is 266 g/mol. The fourth-order valence-corrected chi connectivity index (χ4v) is 2.12. The Morgan fingerprint density at radius 3 is 2.68 bits per heavy atom. The first kappa shape index (κ1) is 13.2. The standard InChI is InChI=1S/C13H14O6/c1-17-7-3-4-10(18-2)8(5-7)12-9(13(15)16)6-11(14)19-12/h3-5,9,12H,6H2,1-2H3,(H,15,16)/t9-,12-/m1/s1. The summed E-state index contributed by atoms with van der Waals surface area (Å²) in [7, 11) is 2.97. The molecule has 0 radical (unpaired) electrons. The lowest BCUT2D eigenvalue weighted by molar-refractivity contribution is -0.144. The number of benzene rings is 1. The van der Waals surface area contributed by atoms with E-state index < -0.39 is 24.0 Å². The van der Waals surface area contributed by atoms with Gasteiger partial charge in [-0.3, -0.25) is 9.59 Å². The second kappa shape index (κ2) is 5.17. The molecule has 0 spiro atoms. The highest BCUT2D eigenvalue weighted by molar-refractivity contribution is 5.83. The van der Waals surface area contributed by atoms with Crippen LogP contribution in [0.4, 0.5) is 0 Å². The van der Waals surface area contributed by atoms with Gasteiger partial charge in [0.2, 0.25) is 0 Å². The van der Waals surface area contributed by atoms with Crippen molar-refractivity contribution in [3.8, 4) is 11.5 Å². The van der Waals surface area contributed by atoms with Gasteiger partial charge >= 0.3 is 11.9 Å². The Kier molecular flexibility index (Phi) is 3.59. The number of methoxy groups -OCH3 is 2. The van der Waals surface area contributed by atoms with E-state index in [-0.39, 0.29) is 6.42 Å². The van der Waals surface area contributed by atoms with Crippen LogP contribution in [0.15, 0.2) is 18.2 Å². The van der Waals surface area contributed by atoms with Gasteiger partial charge in [0.25, 0.3) is 0 Å². The zero-order chi connectivity index (χ0) is 14.0. The Balaban J connectivity index is 2.43. The molecule has 102 valence electrons. The van der Waals surface area contributed by atoms with Crippen LogP contribution in [0.2, 0.25) is 0 Å². The molecule has 0 saturated carbocycles. The molecule has 2 atom stereocenters. The Labute approximate surface area is 109 Å². The van der Waals surface area contributed by atoms with Crippen molar-refractivity contribution in [1.29, 1.82) is 0 Å². The predicted molar refractivity (Wildman–Crippen MR) is 64.1 cm³/mol. The molecule has 0 aliphatic carbocycles. The molecule has 1 heterocycles. The number of esters is 1. The highest BCUT2D eigenvalue weighted by Gasteiger charge is 2.42. The van der Waals surface area contributed by atoms with Crippen LogP contribution in [0.25, 0.3) is 0 Å². The molecular formula is C13H14O6. The molecule has 1 aliphatic rings. The van der Waals surface area contributed by atoms with Gasteiger partial charge in [0.05, 0.1) is 20.6 Å². The smallest absolute Gasteiger partial charge is 0.311 e. The van der Waals surface area contributed by atoms with Gasteiger partial charge in [-0.1, -0.05) is 0 Å². The molecule has 2 rings (SSSR count). The van der Waals surface area contributed by atoms with E-state index in [0.717, 1.165) is 0 Å². The van der Waals surface area contributed by atoms with E-state index in [1.54, 1.807) is 18.2 Å². The third-order valence-corrected chi connectivity index (χ3v) is 3.07. The Morgan fingerprint density at radius 2 is 2.11 bits per heavy atom. The Bertz CT molecular complexity index is 510. The number of carbonyl (C=O) groups excluding carboxylic acids is 1. The average Bonchev–Trinajstić information content (AvgIpc) is 2.80. The Hall–Kier alpha value is -2.24. The van der Waals surface area contributed by atoms with Crippen molar-refractivity contribution in [1.82, 2.24) is 0 Å². The first-order chi connectivity index (χ1) is 9.06. The molecule has 0 unspecified atom stereocenters. The molecule has 1 aromatic carbocycles. The minimum atomic E-state index is -1.07. The Morgan fingerprint density at radius 1 is 1.37 bits per heavy atom. The first-order valence-electron chi connectivity index (χ1n) is 5.71. The molecule has 1 saturated heterocycles. The van der Waals surface area contributed by atoms with Gasteiger partial charge < -0.3 is 19.3 Å². The second-order valence-electron chi connectivity index (χ2n) is 4.17. The van der Waals surface area contributed by atoms with Crippen molar-refractivity contribution < 1.29 is 28.9 Å². The van der Waals surface area contributed by atoms with Crippen molar-refractivity contribution in [3.63, 3.8) is 0 Å². The minimum absolute atomic E-state index is 0.139. The normalized spacial score (nSPS) is 21.9. The van der Waals surface area contributed by atoms with Gasteiger partial charge in [0, 0.05) is 5.56 Å². The molecule has 0 aromatic heterocycles. The lowest BCUT2D eigenvalue weighted by atomic mass is 9.94. The van der Waals surface area contributed by atoms with E-state index >= 15 is 0 Å². The summed E-state index contributed by atoms with van der Waals surface area (Å²) in [5.74, 6) is -1.49. The van der Waals surface area contributed by atoms with Crippen LogP contribution < -0.4 is 9.47 Å². The average molecular weight is 266 g/mol. The number of ether oxygens (including phenoxy) is 3. The third kappa shape index (κ3) is 2.47. The van der Waals surface area contributed by atoms with Crippen molar-refractivity contribution in [2.24, 2.45) is 5.92 Å². The summed E-state index contributed by atoms with van der Waals surface area (Å²) in [6.45, 7) is 0. The molecular weight excluding hydrogens is 252 g/mol. The van der Waals surface area contributed by atoms with Gasteiger partial charge in [0.1, 0.15) is 23.5 Å². The van der Waals surface area contributed by atoms with Gasteiger partial charge in [-0.2, -0.15) is 0 Å². The molecule has 19 heavy (non-hydrogen) atoms. The summed E-state index contributed by atoms with van der Waals surface area (Å²) in [5, 5.41) is 9.15. The van der Waals surface area contributed by atoms with Crippen molar-refractivity contribution >= 4 is 11.9 Å². The van der Waals surface area contributed by atoms with Crippen molar-refractivity contribution in [3.05, 3.63) is 23.8 Å². The van der Waals surface area contributed by atoms with E-state index in [9.17, 15) is 9.59 Å². The number of carbonyl (C=O) groups is 2. The lowest BCUT2D eigenvalue weighted by Gasteiger charge is -2.18. The fraction of sp³-hybridized carbons (Fsp3) is 0.385. The van der Waals surface area contributed by atoms with Crippen LogP contribution in [0.1, 0.15) is 18.1 Å². The largest absolute Gasteiger partial charge is 0.497 e. The van der Waals surface area contributed by atoms with E-state index in [4.69, 9.17) is 19.3 Å². The molecule has 0 bridgehead atoms. The number of carboxylic acid groups (broad SMARTS) is 1. The molecule has 1 fully saturated rings. The summed E-state index contributed by atoms with van der Waals surface area (Å²) in [6.07, 6.45) is -0.990. The highest BCUT2D eigenvalue weighted by atomic mass is 16.6. The number of hydrogen-bond acceptors (Lipinski definition) is 5. The third-order valence-electron chi connectivity index (χ3n) is 3.07. The van der Waals surface area contributed by atoms with E-state index in [0.29, 0.717) is 17.1 Å². The van der Waals surface area contributed by atoms with Crippen LogP contribution >= 0.6 is 0 Å². The van der Waals surface area contributed by atoms with Crippen LogP contribution in [0.5, 0.6) is 11.5 Å². The minimum Gasteiger partial charge on any atom is -0.497 e. The summed E-state index contributed by atoms with van der Waals surface area (Å²) in [5.41, 5.74) is 0.500. The lowest BCUT2D eigenvalue weighted by Crippen LogP contribution is -2.18. The van der Waals surface area contributed by atoms with Gasteiger partial charge in [0.15, 0.2) is 0 Å². The van der Waals surface area contributed by atoms with Gasteiger partial charge in [-0.05, 0) is 18.2 Å². The molecule has 6 nitrogen and oxygen atoms in total. The van der Waals surface area contributed by atoms with Gasteiger partial charge in [-0.25, -0.2) is 0 Å². The summed E-state index contributed by atoms with van der Waals surface area (Å²) < 4.78 is 15.4. The van der Waals surface area contributed by atoms with Crippen molar-refractivity contribution in [2.45, 2.75) is 12.5 Å². The summed E-state index contributed by atoms with van der Waals surface area (Å²) >= 11 is 0. The second-order valence-corrected chi connectivity index (χ2v) is 4.17. The van der Waals surface area contributed by atoms with Gasteiger partial charge in [-0.15, -0.1) is 0 Å². The van der Waals surface area contributed by atoms with Crippen LogP contribution in [0, 0.1) is 5.92 Å². The number of rotatable bonds is 4. The first-order valence-corrected chi connectivity index (χ1v) is 5.71. The van der Waals surface area contributed by atoms with Crippen LogP contribution in [-0.2, 0) is 14.3 Å². The maximum Gasteiger partial charge on any atom is 0.311 e. The summed E-state index contributed by atoms with van der Waals surface area (Å²) in [6, 6.07) is 4.96. The predicted octanol–water partition coefficient (Wildman–Crippen LogP) is 1.39. The van der Waals surface area contributed by atoms with E-state index in [1.807, 2.05) is 0 Å². The van der Waals surface area contributed by atoms with Crippen LogP contribution in [0.3, 0.4) is 0 Å². The molecule has 1 N–H and O–H groups in total. The molecule has 0 amide bonds.